The first-order valence-corrected chi connectivity index (χ1v) is 13.7. The smallest absolute Gasteiger partial charge is 0.223 e. The second-order valence-corrected chi connectivity index (χ2v) is 10.1. The standard InChI is InChI=1S/C31H36N4O4/c1-38-30-23-28(11-12-29(30)32-37)39-27-13-17-35(18-14-27)31(36)15-16-33-19-21-34(22-20-33)26-9-7-25(8-10-26)24-5-3-2-4-6-24/h2-12,23,27H,13-22H2,1H3. The van der Waals surface area contributed by atoms with Crippen molar-refractivity contribution in [2.45, 2.75) is 25.4 Å². The lowest BCUT2D eigenvalue weighted by Crippen LogP contribution is -2.48. The number of rotatable bonds is 9. The lowest BCUT2D eigenvalue weighted by atomic mass is 10.1. The number of carbonyl (C=O) groups is 1. The zero-order valence-corrected chi connectivity index (χ0v) is 22.5. The molecule has 2 fully saturated rings. The Hall–Kier alpha value is -3.91. The van der Waals surface area contributed by atoms with Crippen molar-refractivity contribution in [2.24, 2.45) is 5.18 Å². The number of anilines is 1. The van der Waals surface area contributed by atoms with E-state index in [0.717, 1.165) is 45.6 Å². The Morgan fingerprint density at radius 2 is 1.56 bits per heavy atom. The van der Waals surface area contributed by atoms with E-state index in [1.54, 1.807) is 18.2 Å². The third-order valence-corrected chi connectivity index (χ3v) is 7.70. The Kier molecular flexibility index (Phi) is 8.73. The summed E-state index contributed by atoms with van der Waals surface area (Å²) in [5.74, 6) is 1.27. The maximum Gasteiger partial charge on any atom is 0.223 e. The van der Waals surface area contributed by atoms with Crippen LogP contribution in [0.2, 0.25) is 0 Å². The van der Waals surface area contributed by atoms with Crippen LogP contribution in [-0.2, 0) is 4.79 Å². The van der Waals surface area contributed by atoms with Crippen LogP contribution in [0.15, 0.2) is 78.0 Å². The summed E-state index contributed by atoms with van der Waals surface area (Å²) in [6.45, 7) is 6.05. The molecule has 5 rings (SSSR count). The molecule has 0 atom stereocenters. The molecule has 0 aliphatic carbocycles. The van der Waals surface area contributed by atoms with E-state index in [1.807, 2.05) is 11.0 Å². The van der Waals surface area contributed by atoms with E-state index in [-0.39, 0.29) is 17.7 Å². The molecule has 204 valence electrons. The summed E-state index contributed by atoms with van der Waals surface area (Å²) < 4.78 is 11.3. The number of piperazine rings is 1. The molecule has 2 aliphatic rings. The molecule has 0 radical (unpaired) electrons. The highest BCUT2D eigenvalue weighted by atomic mass is 16.5. The average Bonchev–Trinajstić information content (AvgIpc) is 3.01. The van der Waals surface area contributed by atoms with E-state index >= 15 is 0 Å². The minimum Gasteiger partial charge on any atom is -0.494 e. The van der Waals surface area contributed by atoms with Crippen molar-refractivity contribution in [2.75, 3.05) is 57.8 Å². The number of hydrogen-bond donors (Lipinski definition) is 0. The largest absolute Gasteiger partial charge is 0.494 e. The fourth-order valence-electron chi connectivity index (χ4n) is 5.36. The Morgan fingerprint density at radius 3 is 2.23 bits per heavy atom. The molecule has 0 unspecified atom stereocenters. The molecule has 8 heteroatoms. The number of hydrogen-bond acceptors (Lipinski definition) is 7. The van der Waals surface area contributed by atoms with Gasteiger partial charge in [0.2, 0.25) is 5.91 Å². The molecule has 3 aromatic carbocycles. The lowest BCUT2D eigenvalue weighted by molar-refractivity contribution is -0.133. The van der Waals surface area contributed by atoms with Gasteiger partial charge in [-0.05, 0) is 40.6 Å². The molecule has 0 N–H and O–H groups in total. The number of likely N-dealkylation sites (tertiary alicyclic amines) is 1. The van der Waals surface area contributed by atoms with Crippen LogP contribution in [0.25, 0.3) is 11.1 Å². The molecule has 1 amide bonds. The van der Waals surface area contributed by atoms with Gasteiger partial charge in [0, 0.05) is 76.8 Å². The van der Waals surface area contributed by atoms with Gasteiger partial charge in [-0.1, -0.05) is 42.5 Å². The number of nitroso groups, excluding NO2 is 1. The number of benzene rings is 3. The first kappa shape index (κ1) is 26.7. The number of amides is 1. The van der Waals surface area contributed by atoms with E-state index in [1.165, 1.54) is 23.9 Å². The second kappa shape index (κ2) is 12.8. The molecule has 0 aromatic heterocycles. The molecular formula is C31H36N4O4. The minimum absolute atomic E-state index is 0.0311. The van der Waals surface area contributed by atoms with Crippen molar-refractivity contribution in [1.29, 1.82) is 0 Å². The Labute approximate surface area is 230 Å². The van der Waals surface area contributed by atoms with Crippen LogP contribution in [0.5, 0.6) is 11.5 Å². The Balaban J connectivity index is 1.02. The maximum atomic E-state index is 12.9. The Morgan fingerprint density at radius 1 is 0.872 bits per heavy atom. The molecule has 0 spiro atoms. The summed E-state index contributed by atoms with van der Waals surface area (Å²) in [7, 11) is 1.50. The van der Waals surface area contributed by atoms with E-state index in [2.05, 4.69) is 63.5 Å². The van der Waals surface area contributed by atoms with Crippen LogP contribution < -0.4 is 14.4 Å². The molecular weight excluding hydrogens is 492 g/mol. The average molecular weight is 529 g/mol. The summed E-state index contributed by atoms with van der Waals surface area (Å²) >= 11 is 0. The summed E-state index contributed by atoms with van der Waals surface area (Å²) in [5, 5.41) is 2.96. The highest BCUT2D eigenvalue weighted by Gasteiger charge is 2.25. The van der Waals surface area contributed by atoms with Crippen molar-refractivity contribution in [3.63, 3.8) is 0 Å². The monoisotopic (exact) mass is 528 g/mol. The van der Waals surface area contributed by atoms with Gasteiger partial charge in [-0.15, -0.1) is 4.91 Å². The number of ether oxygens (including phenoxy) is 2. The van der Waals surface area contributed by atoms with Crippen LogP contribution in [0.1, 0.15) is 19.3 Å². The van der Waals surface area contributed by atoms with Gasteiger partial charge in [0.1, 0.15) is 17.5 Å². The first-order chi connectivity index (χ1) is 19.1. The van der Waals surface area contributed by atoms with Gasteiger partial charge in [0.05, 0.1) is 7.11 Å². The van der Waals surface area contributed by atoms with E-state index < -0.39 is 0 Å². The Bertz CT molecular complexity index is 1240. The maximum absolute atomic E-state index is 12.9. The quantitative estimate of drug-likeness (QED) is 0.349. The molecule has 2 saturated heterocycles. The van der Waals surface area contributed by atoms with Gasteiger partial charge < -0.3 is 19.3 Å². The fraction of sp³-hybridized carbons (Fsp3) is 0.387. The van der Waals surface area contributed by atoms with E-state index in [0.29, 0.717) is 31.0 Å². The van der Waals surface area contributed by atoms with Gasteiger partial charge in [-0.25, -0.2) is 0 Å². The van der Waals surface area contributed by atoms with E-state index in [9.17, 15) is 9.70 Å². The predicted molar refractivity (Wildman–Crippen MR) is 154 cm³/mol. The van der Waals surface area contributed by atoms with Crippen molar-refractivity contribution in [1.82, 2.24) is 9.80 Å². The number of nitrogens with zero attached hydrogens (tertiary/aromatic N) is 4. The zero-order chi connectivity index (χ0) is 27.0. The minimum atomic E-state index is 0.0311. The van der Waals surface area contributed by atoms with Crippen LogP contribution >= 0.6 is 0 Å². The normalized spacial score (nSPS) is 16.6. The van der Waals surface area contributed by atoms with Crippen molar-refractivity contribution < 1.29 is 14.3 Å². The highest BCUT2D eigenvalue weighted by Crippen LogP contribution is 2.32. The molecule has 8 nitrogen and oxygen atoms in total. The summed E-state index contributed by atoms with van der Waals surface area (Å²) in [6.07, 6.45) is 2.14. The third-order valence-electron chi connectivity index (χ3n) is 7.70. The number of piperidine rings is 1. The van der Waals surface area contributed by atoms with Gasteiger partial charge in [0.25, 0.3) is 0 Å². The van der Waals surface area contributed by atoms with Crippen LogP contribution in [0, 0.1) is 4.91 Å². The zero-order valence-electron chi connectivity index (χ0n) is 22.5. The SMILES string of the molecule is COc1cc(OC2CCN(C(=O)CCN3CCN(c4ccc(-c5ccccc5)cc4)CC3)CC2)ccc1N=O. The topological polar surface area (TPSA) is 74.7 Å². The van der Waals surface area contributed by atoms with Crippen molar-refractivity contribution in [3.8, 4) is 22.6 Å². The molecule has 0 bridgehead atoms. The van der Waals surface area contributed by atoms with Gasteiger partial charge in [-0.2, -0.15) is 0 Å². The molecule has 2 heterocycles. The number of methoxy groups -OCH3 is 1. The summed E-state index contributed by atoms with van der Waals surface area (Å²) in [4.78, 5) is 30.5. The van der Waals surface area contributed by atoms with Crippen molar-refractivity contribution in [3.05, 3.63) is 77.7 Å². The van der Waals surface area contributed by atoms with E-state index in [4.69, 9.17) is 9.47 Å². The van der Waals surface area contributed by atoms with Crippen LogP contribution in [0.4, 0.5) is 11.4 Å². The van der Waals surface area contributed by atoms with Crippen molar-refractivity contribution >= 4 is 17.3 Å². The molecule has 3 aromatic rings. The summed E-state index contributed by atoms with van der Waals surface area (Å²) in [5.41, 5.74) is 3.98. The molecule has 39 heavy (non-hydrogen) atoms. The van der Waals surface area contributed by atoms with Gasteiger partial charge in [0.15, 0.2) is 5.75 Å². The highest BCUT2D eigenvalue weighted by molar-refractivity contribution is 5.76. The predicted octanol–water partition coefficient (Wildman–Crippen LogP) is 5.34. The summed E-state index contributed by atoms with van der Waals surface area (Å²) in [6, 6.07) is 24.3. The fourth-order valence-corrected chi connectivity index (χ4v) is 5.36. The third kappa shape index (κ3) is 6.75. The van der Waals surface area contributed by atoms with Gasteiger partial charge in [-0.3, -0.25) is 9.69 Å². The lowest BCUT2D eigenvalue weighted by Gasteiger charge is -2.37. The van der Waals surface area contributed by atoms with Crippen LogP contribution in [-0.4, -0.2) is 74.7 Å². The molecule has 2 aliphatic heterocycles. The first-order valence-electron chi connectivity index (χ1n) is 13.7. The second-order valence-electron chi connectivity index (χ2n) is 10.1. The molecule has 0 saturated carbocycles. The van der Waals surface area contributed by atoms with Gasteiger partial charge >= 0.3 is 0 Å². The number of carbonyl (C=O) groups excluding carboxylic acids is 1. The van der Waals surface area contributed by atoms with Crippen LogP contribution in [0.3, 0.4) is 0 Å².